The lowest BCUT2D eigenvalue weighted by Gasteiger charge is -1.90. The number of rotatable bonds is 2. The van der Waals surface area contributed by atoms with E-state index in [9.17, 15) is 0 Å². The summed E-state index contributed by atoms with van der Waals surface area (Å²) >= 11 is 9.17. The van der Waals surface area contributed by atoms with E-state index in [0.717, 1.165) is 28.4 Å². The van der Waals surface area contributed by atoms with Crippen LogP contribution in [0.15, 0.2) is 22.7 Å². The van der Waals surface area contributed by atoms with Crippen LogP contribution in [0, 0.1) is 0 Å². The summed E-state index contributed by atoms with van der Waals surface area (Å²) < 4.78 is 5.13. The summed E-state index contributed by atoms with van der Waals surface area (Å²) in [5, 5.41) is 6.57. The Hall–Kier alpha value is -0.540. The first kappa shape index (κ1) is 9.03. The summed E-state index contributed by atoms with van der Waals surface area (Å²) in [6.45, 7) is 0. The molecule has 0 aliphatic carbocycles. The van der Waals surface area contributed by atoms with Crippen LogP contribution in [0.2, 0.25) is 5.02 Å². The lowest BCUT2D eigenvalue weighted by Crippen LogP contribution is -1.85. The van der Waals surface area contributed by atoms with Gasteiger partial charge in [0.15, 0.2) is 5.58 Å². The minimum Gasteiger partial charge on any atom is -0.356 e. The fourth-order valence-corrected chi connectivity index (χ4v) is 1.77. The number of fused-ring (bicyclic) bond motifs is 1. The van der Waals surface area contributed by atoms with E-state index < -0.39 is 0 Å². The fraction of sp³-hybridized carbons (Fsp3) is 0.222. The average molecular weight is 261 g/mol. The monoisotopic (exact) mass is 259 g/mol. The van der Waals surface area contributed by atoms with Crippen molar-refractivity contribution < 1.29 is 4.52 Å². The average Bonchev–Trinajstić information content (AvgIpc) is 2.49. The van der Waals surface area contributed by atoms with Gasteiger partial charge in [0.1, 0.15) is 0 Å². The van der Waals surface area contributed by atoms with Crippen molar-refractivity contribution in [1.29, 1.82) is 0 Å². The second-order valence-corrected chi connectivity index (χ2v) is 3.94. The molecule has 2 aromatic rings. The van der Waals surface area contributed by atoms with Gasteiger partial charge in [-0.3, -0.25) is 0 Å². The van der Waals surface area contributed by atoms with Crippen molar-refractivity contribution in [1.82, 2.24) is 5.16 Å². The van der Waals surface area contributed by atoms with Crippen LogP contribution in [0.3, 0.4) is 0 Å². The molecule has 2 rings (SSSR count). The summed E-state index contributed by atoms with van der Waals surface area (Å²) in [6.07, 6.45) is 0.870. The Kier molecular flexibility index (Phi) is 2.56. The molecule has 0 aliphatic heterocycles. The van der Waals surface area contributed by atoms with Gasteiger partial charge in [0.05, 0.1) is 5.69 Å². The molecule has 0 bridgehead atoms. The van der Waals surface area contributed by atoms with Crippen molar-refractivity contribution in [3.05, 3.63) is 28.9 Å². The van der Waals surface area contributed by atoms with E-state index in [1.54, 1.807) is 6.07 Å². The number of aromatic nitrogens is 1. The molecule has 0 unspecified atom stereocenters. The van der Waals surface area contributed by atoms with Gasteiger partial charge >= 0.3 is 0 Å². The van der Waals surface area contributed by atoms with Crippen molar-refractivity contribution in [2.75, 3.05) is 5.33 Å². The molecular weight excluding hydrogens is 253 g/mol. The van der Waals surface area contributed by atoms with Gasteiger partial charge in [0.25, 0.3) is 0 Å². The maximum Gasteiger partial charge on any atom is 0.168 e. The second kappa shape index (κ2) is 3.68. The van der Waals surface area contributed by atoms with Gasteiger partial charge in [-0.25, -0.2) is 0 Å². The third-order valence-electron chi connectivity index (χ3n) is 1.84. The Balaban J connectivity index is 2.55. The molecule has 4 heteroatoms. The van der Waals surface area contributed by atoms with Crippen LogP contribution in [-0.2, 0) is 6.42 Å². The standard InChI is InChI=1S/C9H7BrClNO/c10-4-3-8-7-2-1-6(11)5-9(7)13-12-8/h1-2,5H,3-4H2. The number of alkyl halides is 1. The van der Waals surface area contributed by atoms with E-state index in [0.29, 0.717) is 5.02 Å². The van der Waals surface area contributed by atoms with E-state index >= 15 is 0 Å². The summed E-state index contributed by atoms with van der Waals surface area (Å²) in [5.41, 5.74) is 1.73. The highest BCUT2D eigenvalue weighted by molar-refractivity contribution is 9.09. The second-order valence-electron chi connectivity index (χ2n) is 2.71. The van der Waals surface area contributed by atoms with Gasteiger partial charge < -0.3 is 4.52 Å². The van der Waals surface area contributed by atoms with E-state index in [-0.39, 0.29) is 0 Å². The lowest BCUT2D eigenvalue weighted by atomic mass is 10.2. The first-order chi connectivity index (χ1) is 6.31. The molecule has 1 heterocycles. The Labute approximate surface area is 89.0 Å². The highest BCUT2D eigenvalue weighted by Gasteiger charge is 2.06. The maximum atomic E-state index is 5.81. The van der Waals surface area contributed by atoms with Crippen LogP contribution in [0.25, 0.3) is 11.0 Å². The zero-order valence-electron chi connectivity index (χ0n) is 6.76. The number of nitrogens with zero attached hydrogens (tertiary/aromatic N) is 1. The molecule has 0 fully saturated rings. The number of halogens is 2. The molecule has 0 radical (unpaired) electrons. The highest BCUT2D eigenvalue weighted by Crippen LogP contribution is 2.22. The van der Waals surface area contributed by atoms with Crippen molar-refractivity contribution in [2.24, 2.45) is 0 Å². The zero-order chi connectivity index (χ0) is 9.26. The quantitative estimate of drug-likeness (QED) is 0.773. The molecule has 13 heavy (non-hydrogen) atoms. The molecule has 0 saturated heterocycles. The van der Waals surface area contributed by atoms with E-state index in [1.165, 1.54) is 0 Å². The van der Waals surface area contributed by atoms with Crippen LogP contribution in [-0.4, -0.2) is 10.5 Å². The van der Waals surface area contributed by atoms with Crippen molar-refractivity contribution in [3.63, 3.8) is 0 Å². The van der Waals surface area contributed by atoms with Gasteiger partial charge in [0, 0.05) is 28.2 Å². The largest absolute Gasteiger partial charge is 0.356 e. The van der Waals surface area contributed by atoms with Gasteiger partial charge in [0.2, 0.25) is 0 Å². The lowest BCUT2D eigenvalue weighted by molar-refractivity contribution is 0.447. The Bertz CT molecular complexity index is 426. The molecule has 0 aliphatic rings. The number of benzene rings is 1. The Morgan fingerprint density at radius 2 is 2.31 bits per heavy atom. The smallest absolute Gasteiger partial charge is 0.168 e. The van der Waals surface area contributed by atoms with E-state index in [1.807, 2.05) is 12.1 Å². The van der Waals surface area contributed by atoms with Crippen LogP contribution >= 0.6 is 27.5 Å². The van der Waals surface area contributed by atoms with Crippen LogP contribution in [0.4, 0.5) is 0 Å². The minimum atomic E-state index is 0.675. The third kappa shape index (κ3) is 1.71. The molecule has 68 valence electrons. The van der Waals surface area contributed by atoms with Gasteiger partial charge in [-0.15, -0.1) is 0 Å². The molecule has 0 saturated carbocycles. The molecule has 1 aromatic carbocycles. The van der Waals surface area contributed by atoms with Crippen LogP contribution in [0.1, 0.15) is 5.69 Å². The van der Waals surface area contributed by atoms with Crippen molar-refractivity contribution in [2.45, 2.75) is 6.42 Å². The Morgan fingerprint density at radius 1 is 1.46 bits per heavy atom. The molecule has 1 aromatic heterocycles. The first-order valence-electron chi connectivity index (χ1n) is 3.91. The zero-order valence-corrected chi connectivity index (χ0v) is 9.10. The normalized spacial score (nSPS) is 10.9. The van der Waals surface area contributed by atoms with Crippen molar-refractivity contribution in [3.8, 4) is 0 Å². The number of aryl methyl sites for hydroxylation is 1. The SMILES string of the molecule is Clc1ccc2c(CCBr)noc2c1. The highest BCUT2D eigenvalue weighted by atomic mass is 79.9. The summed E-state index contributed by atoms with van der Waals surface area (Å²) in [4.78, 5) is 0. The number of hydrogen-bond acceptors (Lipinski definition) is 2. The predicted molar refractivity (Wildman–Crippen MR) is 56.5 cm³/mol. The Morgan fingerprint density at radius 3 is 3.08 bits per heavy atom. The number of hydrogen-bond donors (Lipinski definition) is 0. The molecule has 0 spiro atoms. The van der Waals surface area contributed by atoms with Crippen LogP contribution in [0.5, 0.6) is 0 Å². The van der Waals surface area contributed by atoms with Gasteiger partial charge in [-0.05, 0) is 12.1 Å². The fourth-order valence-electron chi connectivity index (χ4n) is 1.23. The van der Waals surface area contributed by atoms with E-state index in [4.69, 9.17) is 16.1 Å². The maximum absolute atomic E-state index is 5.81. The molecule has 2 nitrogen and oxygen atoms in total. The third-order valence-corrected chi connectivity index (χ3v) is 2.47. The minimum absolute atomic E-state index is 0.675. The van der Waals surface area contributed by atoms with E-state index in [2.05, 4.69) is 21.1 Å². The predicted octanol–water partition coefficient (Wildman–Crippen LogP) is 3.42. The molecule has 0 atom stereocenters. The molecular formula is C9H7BrClNO. The first-order valence-corrected chi connectivity index (χ1v) is 5.41. The topological polar surface area (TPSA) is 26.0 Å². The van der Waals surface area contributed by atoms with Gasteiger partial charge in [-0.1, -0.05) is 32.7 Å². The summed E-state index contributed by atoms with van der Waals surface area (Å²) in [7, 11) is 0. The van der Waals surface area contributed by atoms with Gasteiger partial charge in [-0.2, -0.15) is 0 Å². The summed E-state index contributed by atoms with van der Waals surface area (Å²) in [5.74, 6) is 0. The van der Waals surface area contributed by atoms with Crippen LogP contribution < -0.4 is 0 Å². The molecule has 0 amide bonds. The summed E-state index contributed by atoms with van der Waals surface area (Å²) in [6, 6.07) is 5.56. The van der Waals surface area contributed by atoms with Crippen molar-refractivity contribution >= 4 is 38.5 Å². The molecule has 0 N–H and O–H groups in total.